The number of amides is 2. The summed E-state index contributed by atoms with van der Waals surface area (Å²) in [6.07, 6.45) is -0.0415. The fourth-order valence-corrected chi connectivity index (χ4v) is 4.33. The third-order valence-electron chi connectivity index (χ3n) is 5.79. The van der Waals surface area contributed by atoms with Gasteiger partial charge in [-0.1, -0.05) is 29.8 Å². The molecule has 156 valence electrons. The number of hydrogen-bond donors (Lipinski definition) is 2. The Morgan fingerprint density at radius 2 is 1.81 bits per heavy atom. The standard InChI is InChI=1S/C23H21N5O3/c1-12-8-9-18(13(2)10-12)27-19(29)11-15(21(27)30)20-14(3)26-28(22(20)31)23-24-16-6-4-5-7-17(16)25-23/h4-10,15,26H,11H2,1-3H3,(H,24,25)/t15-/m1/s1. The highest BCUT2D eigenvalue weighted by Gasteiger charge is 2.43. The lowest BCUT2D eigenvalue weighted by Gasteiger charge is -2.17. The normalized spacial score (nSPS) is 16.6. The summed E-state index contributed by atoms with van der Waals surface area (Å²) in [6, 6.07) is 13.0. The molecule has 0 saturated carbocycles. The van der Waals surface area contributed by atoms with Gasteiger partial charge in [0.1, 0.15) is 0 Å². The quantitative estimate of drug-likeness (QED) is 0.502. The second-order valence-electron chi connectivity index (χ2n) is 7.98. The molecule has 1 aliphatic rings. The SMILES string of the molecule is Cc1ccc(N2C(=O)C[C@H](c3c(C)[nH]n(-c4nc5ccccc5[nH]4)c3=O)C2=O)c(C)c1. The number of carbonyl (C=O) groups is 2. The summed E-state index contributed by atoms with van der Waals surface area (Å²) in [6.45, 7) is 5.55. The molecule has 2 N–H and O–H groups in total. The van der Waals surface area contributed by atoms with E-state index in [-0.39, 0.29) is 23.8 Å². The smallest absolute Gasteiger partial charge is 0.278 e. The molecular formula is C23H21N5O3. The van der Waals surface area contributed by atoms with Crippen LogP contribution in [0.1, 0.15) is 34.7 Å². The van der Waals surface area contributed by atoms with Gasteiger partial charge in [-0.3, -0.25) is 19.5 Å². The van der Waals surface area contributed by atoms with E-state index in [1.807, 2.05) is 50.2 Å². The Hall–Kier alpha value is -3.94. The zero-order valence-corrected chi connectivity index (χ0v) is 17.4. The molecule has 8 nitrogen and oxygen atoms in total. The number of fused-ring (bicyclic) bond motifs is 1. The molecule has 2 amide bonds. The number of aromatic amines is 2. The summed E-state index contributed by atoms with van der Waals surface area (Å²) in [4.78, 5) is 48.1. The molecule has 0 radical (unpaired) electrons. The third-order valence-corrected chi connectivity index (χ3v) is 5.79. The van der Waals surface area contributed by atoms with Crippen LogP contribution in [0.2, 0.25) is 0 Å². The molecule has 0 spiro atoms. The Morgan fingerprint density at radius 3 is 2.55 bits per heavy atom. The van der Waals surface area contributed by atoms with Crippen LogP contribution in [-0.4, -0.2) is 31.6 Å². The van der Waals surface area contributed by atoms with Gasteiger partial charge in [-0.25, -0.2) is 9.88 Å². The van der Waals surface area contributed by atoms with Crippen LogP contribution in [0.25, 0.3) is 17.0 Å². The molecule has 0 unspecified atom stereocenters. The van der Waals surface area contributed by atoms with E-state index in [0.29, 0.717) is 22.9 Å². The van der Waals surface area contributed by atoms with E-state index in [1.165, 1.54) is 9.58 Å². The van der Waals surface area contributed by atoms with E-state index in [0.717, 1.165) is 22.2 Å². The highest BCUT2D eigenvalue weighted by atomic mass is 16.2. The largest absolute Gasteiger partial charge is 0.322 e. The van der Waals surface area contributed by atoms with Crippen molar-refractivity contribution in [1.82, 2.24) is 19.7 Å². The highest BCUT2D eigenvalue weighted by Crippen LogP contribution is 2.34. The fraction of sp³-hybridized carbons (Fsp3) is 0.217. The van der Waals surface area contributed by atoms with E-state index in [2.05, 4.69) is 15.1 Å². The number of imide groups is 1. The lowest BCUT2D eigenvalue weighted by molar-refractivity contribution is -0.121. The Bertz CT molecular complexity index is 1390. The van der Waals surface area contributed by atoms with Gasteiger partial charge in [0.25, 0.3) is 5.56 Å². The van der Waals surface area contributed by atoms with Crippen molar-refractivity contribution < 1.29 is 9.59 Å². The van der Waals surface area contributed by atoms with Crippen LogP contribution in [-0.2, 0) is 9.59 Å². The summed E-state index contributed by atoms with van der Waals surface area (Å²) < 4.78 is 1.29. The maximum absolute atomic E-state index is 13.3. The monoisotopic (exact) mass is 415 g/mol. The molecule has 4 aromatic rings. The molecule has 1 saturated heterocycles. The van der Waals surface area contributed by atoms with E-state index in [9.17, 15) is 14.4 Å². The van der Waals surface area contributed by atoms with Crippen molar-refractivity contribution in [2.24, 2.45) is 0 Å². The number of anilines is 1. The van der Waals surface area contributed by atoms with Crippen molar-refractivity contribution in [2.75, 3.05) is 4.90 Å². The first kappa shape index (κ1) is 19.0. The zero-order chi connectivity index (χ0) is 21.9. The number of rotatable bonds is 3. The topological polar surface area (TPSA) is 104 Å². The van der Waals surface area contributed by atoms with Crippen LogP contribution in [0.4, 0.5) is 5.69 Å². The van der Waals surface area contributed by atoms with Crippen LogP contribution in [0, 0.1) is 20.8 Å². The molecule has 0 bridgehead atoms. The Balaban J connectivity index is 1.56. The maximum atomic E-state index is 13.3. The van der Waals surface area contributed by atoms with Gasteiger partial charge in [-0.05, 0) is 44.5 Å². The summed E-state index contributed by atoms with van der Waals surface area (Å²) in [7, 11) is 0. The summed E-state index contributed by atoms with van der Waals surface area (Å²) >= 11 is 0. The van der Waals surface area contributed by atoms with E-state index < -0.39 is 5.92 Å². The van der Waals surface area contributed by atoms with Gasteiger partial charge < -0.3 is 4.98 Å². The van der Waals surface area contributed by atoms with Gasteiger partial charge in [0.15, 0.2) is 0 Å². The lowest BCUT2D eigenvalue weighted by atomic mass is 9.98. The number of para-hydroxylation sites is 2. The number of hydrogen-bond acceptors (Lipinski definition) is 4. The molecule has 1 fully saturated rings. The summed E-state index contributed by atoms with van der Waals surface area (Å²) in [5.74, 6) is -1.18. The summed E-state index contributed by atoms with van der Waals surface area (Å²) in [5.41, 5.74) is 4.43. The minimum atomic E-state index is -0.831. The summed E-state index contributed by atoms with van der Waals surface area (Å²) in [5, 5.41) is 3.00. The molecule has 8 heteroatoms. The number of aromatic nitrogens is 4. The van der Waals surface area contributed by atoms with Crippen molar-refractivity contribution in [3.8, 4) is 5.95 Å². The minimum Gasteiger partial charge on any atom is -0.322 e. The first-order valence-electron chi connectivity index (χ1n) is 10.1. The predicted octanol–water partition coefficient (Wildman–Crippen LogP) is 3.01. The number of nitrogens with zero attached hydrogens (tertiary/aromatic N) is 3. The molecule has 1 aliphatic heterocycles. The van der Waals surface area contributed by atoms with Crippen LogP contribution < -0.4 is 10.5 Å². The van der Waals surface area contributed by atoms with Gasteiger partial charge in [-0.2, -0.15) is 4.68 Å². The Morgan fingerprint density at radius 1 is 1.03 bits per heavy atom. The first-order chi connectivity index (χ1) is 14.8. The van der Waals surface area contributed by atoms with Gasteiger partial charge in [0, 0.05) is 12.1 Å². The van der Waals surface area contributed by atoms with Crippen LogP contribution >= 0.6 is 0 Å². The van der Waals surface area contributed by atoms with Crippen LogP contribution in [0.3, 0.4) is 0 Å². The first-order valence-corrected chi connectivity index (χ1v) is 10.1. The van der Waals surface area contributed by atoms with Crippen molar-refractivity contribution in [3.05, 3.63) is 75.2 Å². The van der Waals surface area contributed by atoms with Crippen LogP contribution in [0.5, 0.6) is 0 Å². The van der Waals surface area contributed by atoms with E-state index >= 15 is 0 Å². The molecule has 1 atom stereocenters. The highest BCUT2D eigenvalue weighted by molar-refractivity contribution is 6.23. The van der Waals surface area contributed by atoms with Crippen molar-refractivity contribution in [1.29, 1.82) is 0 Å². The van der Waals surface area contributed by atoms with Gasteiger partial charge in [-0.15, -0.1) is 0 Å². The average molecular weight is 415 g/mol. The van der Waals surface area contributed by atoms with Crippen LogP contribution in [0.15, 0.2) is 47.3 Å². The fourth-order valence-electron chi connectivity index (χ4n) is 4.33. The number of nitrogens with one attached hydrogen (secondary N) is 2. The zero-order valence-electron chi connectivity index (χ0n) is 17.4. The van der Waals surface area contributed by atoms with Crippen molar-refractivity contribution in [3.63, 3.8) is 0 Å². The molecule has 2 aromatic heterocycles. The molecule has 3 heterocycles. The second kappa shape index (κ2) is 6.80. The number of imidazole rings is 1. The molecule has 5 rings (SSSR count). The van der Waals surface area contributed by atoms with Crippen molar-refractivity contribution in [2.45, 2.75) is 33.1 Å². The van der Waals surface area contributed by atoms with E-state index in [1.54, 1.807) is 13.0 Å². The third kappa shape index (κ3) is 2.91. The second-order valence-corrected chi connectivity index (χ2v) is 7.98. The molecule has 0 aliphatic carbocycles. The average Bonchev–Trinajstić information content (AvgIpc) is 3.36. The van der Waals surface area contributed by atoms with Gasteiger partial charge in [0.05, 0.1) is 28.2 Å². The van der Waals surface area contributed by atoms with Crippen molar-refractivity contribution >= 4 is 28.5 Å². The lowest BCUT2D eigenvalue weighted by Crippen LogP contribution is -2.31. The molecular weight excluding hydrogens is 394 g/mol. The Kier molecular flexibility index (Phi) is 4.18. The number of H-pyrrole nitrogens is 2. The predicted molar refractivity (Wildman–Crippen MR) is 117 cm³/mol. The maximum Gasteiger partial charge on any atom is 0.278 e. The molecule has 2 aromatic carbocycles. The number of aryl methyl sites for hydroxylation is 3. The Labute approximate surface area is 177 Å². The number of benzene rings is 2. The van der Waals surface area contributed by atoms with Gasteiger partial charge in [0.2, 0.25) is 17.8 Å². The minimum absolute atomic E-state index is 0.0415. The van der Waals surface area contributed by atoms with E-state index in [4.69, 9.17) is 0 Å². The molecule has 31 heavy (non-hydrogen) atoms. The van der Waals surface area contributed by atoms with Gasteiger partial charge >= 0.3 is 0 Å². The number of carbonyl (C=O) groups excluding carboxylic acids is 2.